The molecule has 37 heavy (non-hydrogen) atoms. The van der Waals surface area contributed by atoms with Gasteiger partial charge in [-0.25, -0.2) is 4.98 Å². The van der Waals surface area contributed by atoms with Crippen molar-refractivity contribution in [1.82, 2.24) is 15.3 Å². The number of nitrogens with one attached hydrogen (secondary N) is 1. The number of ether oxygens (including phenoxy) is 1. The molecule has 2 aromatic carbocycles. The Bertz CT molecular complexity index is 1160. The van der Waals surface area contributed by atoms with Gasteiger partial charge >= 0.3 is 6.36 Å². The first-order chi connectivity index (χ1) is 16.7. The van der Waals surface area contributed by atoms with Gasteiger partial charge in [-0.05, 0) is 68.1 Å². The van der Waals surface area contributed by atoms with Gasteiger partial charge in [0.15, 0.2) is 0 Å². The van der Waals surface area contributed by atoms with Crippen LogP contribution in [-0.4, -0.2) is 56.6 Å². The average Bonchev–Trinajstić information content (AvgIpc) is 2.81. The second-order valence-corrected chi connectivity index (χ2v) is 9.86. The van der Waals surface area contributed by atoms with Crippen molar-refractivity contribution >= 4 is 63.4 Å². The highest BCUT2D eigenvalue weighted by molar-refractivity contribution is 9.10. The molecular formula is C25H31BrCl2F3N5O. The van der Waals surface area contributed by atoms with Crippen LogP contribution < -0.4 is 19.9 Å². The summed E-state index contributed by atoms with van der Waals surface area (Å²) in [6, 6.07) is 12.8. The van der Waals surface area contributed by atoms with E-state index in [4.69, 9.17) is 9.97 Å². The van der Waals surface area contributed by atoms with Crippen LogP contribution in [-0.2, 0) is 6.42 Å². The van der Waals surface area contributed by atoms with E-state index < -0.39 is 6.36 Å². The van der Waals surface area contributed by atoms with Crippen molar-refractivity contribution in [3.63, 3.8) is 0 Å². The molecule has 1 saturated heterocycles. The number of anilines is 2. The molecule has 1 N–H and O–H groups in total. The number of alkyl halides is 3. The first-order valence-corrected chi connectivity index (χ1v) is 12.4. The molecule has 3 aromatic rings. The number of halogens is 6. The summed E-state index contributed by atoms with van der Waals surface area (Å²) in [5, 5.41) is 4.44. The van der Waals surface area contributed by atoms with Crippen molar-refractivity contribution in [2.45, 2.75) is 25.6 Å². The number of nitrogens with zero attached hydrogens (tertiary/aromatic N) is 4. The van der Waals surface area contributed by atoms with E-state index >= 15 is 0 Å². The van der Waals surface area contributed by atoms with Gasteiger partial charge in [-0.1, -0.05) is 34.1 Å². The van der Waals surface area contributed by atoms with Crippen LogP contribution in [0.15, 0.2) is 46.9 Å². The van der Waals surface area contributed by atoms with Crippen LogP contribution >= 0.6 is 40.7 Å². The third-order valence-electron chi connectivity index (χ3n) is 6.15. The van der Waals surface area contributed by atoms with Gasteiger partial charge in [-0.15, -0.1) is 38.0 Å². The Balaban J connectivity index is 0.00000241. The molecule has 0 unspecified atom stereocenters. The summed E-state index contributed by atoms with van der Waals surface area (Å²) in [5.74, 6) is 2.01. The second kappa shape index (κ2) is 13.7. The standard InChI is InChI=1S/C25H29BrF3N5O.2ClH/c1-33(2)23-20-5-3-4-6-21(20)31-24(32-23)34-13-10-17(11-14-34)16-30-12-9-18-7-8-19(26)15-22(18)35-25(27,28)29;;/h3-8,15,17,30H,9-14,16H2,1-2H3;2*1H. The van der Waals surface area contributed by atoms with Gasteiger partial charge in [0.05, 0.1) is 5.52 Å². The lowest BCUT2D eigenvalue weighted by molar-refractivity contribution is -0.274. The number of para-hydroxylation sites is 1. The van der Waals surface area contributed by atoms with Gasteiger partial charge < -0.3 is 19.9 Å². The number of hydrogen-bond acceptors (Lipinski definition) is 6. The molecule has 0 bridgehead atoms. The quantitative estimate of drug-likeness (QED) is 0.299. The van der Waals surface area contributed by atoms with Crippen LogP contribution in [0.2, 0.25) is 0 Å². The highest BCUT2D eigenvalue weighted by Gasteiger charge is 2.32. The summed E-state index contributed by atoms with van der Waals surface area (Å²) in [6.07, 6.45) is -2.25. The van der Waals surface area contributed by atoms with Crippen molar-refractivity contribution < 1.29 is 17.9 Å². The number of benzene rings is 2. The molecule has 2 heterocycles. The van der Waals surface area contributed by atoms with E-state index in [2.05, 4.69) is 30.9 Å². The van der Waals surface area contributed by atoms with Crippen LogP contribution in [0, 0.1) is 5.92 Å². The predicted molar refractivity (Wildman–Crippen MR) is 151 cm³/mol. The van der Waals surface area contributed by atoms with Gasteiger partial charge in [0.1, 0.15) is 11.6 Å². The normalized spacial score (nSPS) is 14.2. The summed E-state index contributed by atoms with van der Waals surface area (Å²) < 4.78 is 42.9. The highest BCUT2D eigenvalue weighted by Crippen LogP contribution is 2.30. The number of rotatable bonds is 8. The van der Waals surface area contributed by atoms with Gasteiger partial charge in [0, 0.05) is 37.0 Å². The van der Waals surface area contributed by atoms with Gasteiger partial charge in [0.2, 0.25) is 5.95 Å². The first-order valence-electron chi connectivity index (χ1n) is 11.6. The van der Waals surface area contributed by atoms with Crippen molar-refractivity contribution in [3.05, 3.63) is 52.5 Å². The molecule has 0 spiro atoms. The molecule has 0 saturated carbocycles. The van der Waals surface area contributed by atoms with Gasteiger partial charge in [-0.2, -0.15) is 4.98 Å². The summed E-state index contributed by atoms with van der Waals surface area (Å²) in [6.45, 7) is 3.14. The van der Waals surface area contributed by atoms with E-state index in [-0.39, 0.29) is 30.6 Å². The van der Waals surface area contributed by atoms with Crippen LogP contribution in [0.25, 0.3) is 10.9 Å². The van der Waals surface area contributed by atoms with Crippen LogP contribution in [0.5, 0.6) is 5.75 Å². The molecule has 204 valence electrons. The zero-order valence-electron chi connectivity index (χ0n) is 20.6. The number of fused-ring (bicyclic) bond motifs is 1. The zero-order chi connectivity index (χ0) is 25.0. The van der Waals surface area contributed by atoms with E-state index in [0.29, 0.717) is 28.9 Å². The minimum absolute atomic E-state index is 0. The lowest BCUT2D eigenvalue weighted by Crippen LogP contribution is -2.38. The fraction of sp³-hybridized carbons (Fsp3) is 0.440. The Morgan fingerprint density at radius 2 is 1.78 bits per heavy atom. The van der Waals surface area contributed by atoms with E-state index in [0.717, 1.165) is 55.1 Å². The van der Waals surface area contributed by atoms with Crippen LogP contribution in [0.3, 0.4) is 0 Å². The molecule has 1 fully saturated rings. The van der Waals surface area contributed by atoms with Crippen molar-refractivity contribution in [1.29, 1.82) is 0 Å². The summed E-state index contributed by atoms with van der Waals surface area (Å²) in [7, 11) is 3.98. The van der Waals surface area contributed by atoms with Crippen molar-refractivity contribution in [2.75, 3.05) is 50.1 Å². The lowest BCUT2D eigenvalue weighted by atomic mass is 9.97. The number of piperidine rings is 1. The molecule has 4 rings (SSSR count). The second-order valence-electron chi connectivity index (χ2n) is 8.94. The molecular weight excluding hydrogens is 594 g/mol. The topological polar surface area (TPSA) is 53.5 Å². The fourth-order valence-corrected chi connectivity index (χ4v) is 4.69. The molecule has 12 heteroatoms. The Morgan fingerprint density at radius 1 is 1.08 bits per heavy atom. The van der Waals surface area contributed by atoms with E-state index in [9.17, 15) is 13.2 Å². The fourth-order valence-electron chi connectivity index (χ4n) is 4.35. The summed E-state index contributed by atoms with van der Waals surface area (Å²) in [5.41, 5.74) is 1.46. The minimum Gasteiger partial charge on any atom is -0.405 e. The maximum absolute atomic E-state index is 12.7. The average molecular weight is 625 g/mol. The van der Waals surface area contributed by atoms with E-state index in [1.807, 2.05) is 43.3 Å². The molecule has 0 atom stereocenters. The number of aromatic nitrogens is 2. The molecule has 6 nitrogen and oxygen atoms in total. The largest absolute Gasteiger partial charge is 0.573 e. The smallest absolute Gasteiger partial charge is 0.405 e. The maximum Gasteiger partial charge on any atom is 0.573 e. The molecule has 0 radical (unpaired) electrons. The first kappa shape index (κ1) is 31.2. The SMILES string of the molecule is CN(C)c1nc(N2CCC(CNCCc3ccc(Br)cc3OC(F)(F)F)CC2)nc2ccccc12.Cl.Cl. The molecule has 1 aromatic heterocycles. The summed E-state index contributed by atoms with van der Waals surface area (Å²) >= 11 is 3.20. The molecule has 1 aliphatic heterocycles. The van der Waals surface area contributed by atoms with Crippen LogP contribution in [0.1, 0.15) is 18.4 Å². The van der Waals surface area contributed by atoms with E-state index in [1.165, 1.54) is 6.07 Å². The van der Waals surface area contributed by atoms with Gasteiger partial charge in [0.25, 0.3) is 0 Å². The molecule has 0 amide bonds. The maximum atomic E-state index is 12.7. The third-order valence-corrected chi connectivity index (χ3v) is 6.64. The number of hydrogen-bond donors (Lipinski definition) is 1. The Morgan fingerprint density at radius 3 is 2.46 bits per heavy atom. The highest BCUT2D eigenvalue weighted by atomic mass is 79.9. The minimum atomic E-state index is -4.71. The lowest BCUT2D eigenvalue weighted by Gasteiger charge is -2.32. The molecule has 0 aliphatic carbocycles. The zero-order valence-corrected chi connectivity index (χ0v) is 23.8. The summed E-state index contributed by atoms with van der Waals surface area (Å²) in [4.78, 5) is 13.9. The van der Waals surface area contributed by atoms with Gasteiger partial charge in [-0.3, -0.25) is 0 Å². The van der Waals surface area contributed by atoms with E-state index in [1.54, 1.807) is 12.1 Å². The Hall–Kier alpha value is -2.01. The van der Waals surface area contributed by atoms with Crippen LogP contribution in [0.4, 0.5) is 24.9 Å². The van der Waals surface area contributed by atoms with Crippen molar-refractivity contribution in [2.24, 2.45) is 5.92 Å². The Labute approximate surface area is 235 Å². The Kier molecular flexibility index (Phi) is 11.5. The third kappa shape index (κ3) is 8.49. The van der Waals surface area contributed by atoms with Crippen molar-refractivity contribution in [3.8, 4) is 5.75 Å². The monoisotopic (exact) mass is 623 g/mol. The predicted octanol–water partition coefficient (Wildman–Crippen LogP) is 6.25. The molecule has 1 aliphatic rings.